The van der Waals surface area contributed by atoms with Crippen LogP contribution in [-0.4, -0.2) is 31.1 Å². The molecule has 1 heterocycles. The first-order chi connectivity index (χ1) is 9.56. The maximum Gasteiger partial charge on any atom is 0.261 e. The van der Waals surface area contributed by atoms with Crippen molar-refractivity contribution in [1.29, 1.82) is 0 Å². The highest BCUT2D eigenvalue weighted by atomic mass is 35.5. The van der Waals surface area contributed by atoms with E-state index >= 15 is 0 Å². The Kier molecular flexibility index (Phi) is 7.29. The van der Waals surface area contributed by atoms with E-state index in [4.69, 9.17) is 16.3 Å². The first-order valence-corrected chi connectivity index (χ1v) is 7.38. The van der Waals surface area contributed by atoms with Crippen LogP contribution in [0, 0.1) is 6.92 Å². The lowest BCUT2D eigenvalue weighted by atomic mass is 10.1. The zero-order valence-electron chi connectivity index (χ0n) is 12.3. The summed E-state index contributed by atoms with van der Waals surface area (Å²) < 4.78 is 5.66. The summed E-state index contributed by atoms with van der Waals surface area (Å²) in [5.41, 5.74) is 1.05. The molecule has 1 aliphatic rings. The monoisotopic (exact) mass is 332 g/mol. The van der Waals surface area contributed by atoms with Gasteiger partial charge in [0.15, 0.2) is 6.10 Å². The summed E-state index contributed by atoms with van der Waals surface area (Å²) in [6.07, 6.45) is 1.54. The van der Waals surface area contributed by atoms with Gasteiger partial charge in [0, 0.05) is 12.6 Å². The number of rotatable bonds is 4. The van der Waals surface area contributed by atoms with E-state index < -0.39 is 6.10 Å². The van der Waals surface area contributed by atoms with Crippen molar-refractivity contribution in [2.75, 3.05) is 13.1 Å². The lowest BCUT2D eigenvalue weighted by molar-refractivity contribution is -0.128. The second kappa shape index (κ2) is 8.47. The lowest BCUT2D eigenvalue weighted by Crippen LogP contribution is -2.49. The SMILES string of the molecule is Cc1ccc(Cl)c(OC(C)C(=O)NC2CCCNC2)c1.Cl. The number of amides is 1. The molecule has 2 atom stereocenters. The van der Waals surface area contributed by atoms with Crippen molar-refractivity contribution in [3.05, 3.63) is 28.8 Å². The third kappa shape index (κ3) is 5.38. The Morgan fingerprint density at radius 1 is 1.52 bits per heavy atom. The second-order valence-corrected chi connectivity index (χ2v) is 5.65. The first kappa shape index (κ1) is 18.1. The summed E-state index contributed by atoms with van der Waals surface area (Å²) in [7, 11) is 0. The van der Waals surface area contributed by atoms with Gasteiger partial charge in [-0.1, -0.05) is 17.7 Å². The van der Waals surface area contributed by atoms with E-state index in [0.717, 1.165) is 31.5 Å². The number of carbonyl (C=O) groups is 1. The maximum atomic E-state index is 12.1. The molecular formula is C15H22Cl2N2O2. The number of piperidine rings is 1. The molecule has 2 unspecified atom stereocenters. The van der Waals surface area contributed by atoms with Crippen molar-refractivity contribution in [3.8, 4) is 5.75 Å². The summed E-state index contributed by atoms with van der Waals surface area (Å²) >= 11 is 6.07. The number of hydrogen-bond donors (Lipinski definition) is 2. The number of benzene rings is 1. The fourth-order valence-corrected chi connectivity index (χ4v) is 2.40. The third-order valence-electron chi connectivity index (χ3n) is 3.40. The molecule has 4 nitrogen and oxygen atoms in total. The topological polar surface area (TPSA) is 50.4 Å². The van der Waals surface area contributed by atoms with Gasteiger partial charge < -0.3 is 15.4 Å². The Labute approximate surface area is 137 Å². The van der Waals surface area contributed by atoms with Crippen LogP contribution in [0.4, 0.5) is 0 Å². The molecule has 0 aromatic heterocycles. The molecule has 0 saturated carbocycles. The number of nitrogens with one attached hydrogen (secondary N) is 2. The van der Waals surface area contributed by atoms with Gasteiger partial charge in [-0.3, -0.25) is 4.79 Å². The Hall–Kier alpha value is -0.970. The average Bonchev–Trinajstić information content (AvgIpc) is 2.44. The first-order valence-electron chi connectivity index (χ1n) is 7.00. The fourth-order valence-electron chi connectivity index (χ4n) is 2.24. The predicted octanol–water partition coefficient (Wildman–Crippen LogP) is 2.71. The van der Waals surface area contributed by atoms with Crippen LogP contribution in [0.15, 0.2) is 18.2 Å². The Morgan fingerprint density at radius 3 is 2.95 bits per heavy atom. The highest BCUT2D eigenvalue weighted by Crippen LogP contribution is 2.26. The molecule has 0 radical (unpaired) electrons. The van der Waals surface area contributed by atoms with Crippen LogP contribution in [0.25, 0.3) is 0 Å². The van der Waals surface area contributed by atoms with Gasteiger partial charge in [0.25, 0.3) is 5.91 Å². The van der Waals surface area contributed by atoms with Crippen LogP contribution in [0.2, 0.25) is 5.02 Å². The zero-order valence-corrected chi connectivity index (χ0v) is 13.9. The normalized spacial score (nSPS) is 19.3. The smallest absolute Gasteiger partial charge is 0.261 e. The van der Waals surface area contributed by atoms with Crippen molar-refractivity contribution < 1.29 is 9.53 Å². The highest BCUT2D eigenvalue weighted by Gasteiger charge is 2.21. The molecule has 1 amide bonds. The fraction of sp³-hybridized carbons (Fsp3) is 0.533. The van der Waals surface area contributed by atoms with Crippen molar-refractivity contribution in [2.24, 2.45) is 0 Å². The summed E-state index contributed by atoms with van der Waals surface area (Å²) in [6.45, 7) is 5.55. The molecule has 118 valence electrons. The lowest BCUT2D eigenvalue weighted by Gasteiger charge is -2.25. The summed E-state index contributed by atoms with van der Waals surface area (Å²) in [6, 6.07) is 5.72. The molecular weight excluding hydrogens is 311 g/mol. The van der Waals surface area contributed by atoms with E-state index in [-0.39, 0.29) is 24.4 Å². The van der Waals surface area contributed by atoms with Gasteiger partial charge in [0.1, 0.15) is 5.75 Å². The zero-order chi connectivity index (χ0) is 14.5. The highest BCUT2D eigenvalue weighted by molar-refractivity contribution is 6.32. The van der Waals surface area contributed by atoms with Crippen molar-refractivity contribution in [3.63, 3.8) is 0 Å². The van der Waals surface area contributed by atoms with Gasteiger partial charge >= 0.3 is 0 Å². The minimum absolute atomic E-state index is 0. The number of aryl methyl sites for hydroxylation is 1. The number of ether oxygens (including phenoxy) is 1. The van der Waals surface area contributed by atoms with E-state index in [9.17, 15) is 4.79 Å². The molecule has 6 heteroatoms. The van der Waals surface area contributed by atoms with Crippen LogP contribution >= 0.6 is 24.0 Å². The standard InChI is InChI=1S/C15H21ClN2O2.ClH/c1-10-5-6-13(16)14(8-10)20-11(2)15(19)18-12-4-3-7-17-9-12;/h5-6,8,11-12,17H,3-4,7,9H2,1-2H3,(H,18,19);1H. The Bertz CT molecular complexity index is 477. The van der Waals surface area contributed by atoms with Gasteiger partial charge in [-0.05, 0) is 50.9 Å². The molecule has 0 bridgehead atoms. The van der Waals surface area contributed by atoms with Crippen LogP contribution < -0.4 is 15.4 Å². The number of carbonyl (C=O) groups excluding carboxylic acids is 1. The Balaban J connectivity index is 0.00000220. The van der Waals surface area contributed by atoms with Crippen LogP contribution in [0.1, 0.15) is 25.3 Å². The minimum Gasteiger partial charge on any atom is -0.479 e. The molecule has 1 aliphatic heterocycles. The van der Waals surface area contributed by atoms with Crippen LogP contribution in [0.5, 0.6) is 5.75 Å². The summed E-state index contributed by atoms with van der Waals surface area (Å²) in [4.78, 5) is 12.1. The van der Waals surface area contributed by atoms with Crippen LogP contribution in [-0.2, 0) is 4.79 Å². The Morgan fingerprint density at radius 2 is 2.29 bits per heavy atom. The van der Waals surface area contributed by atoms with E-state index in [1.165, 1.54) is 0 Å². The third-order valence-corrected chi connectivity index (χ3v) is 3.72. The number of hydrogen-bond acceptors (Lipinski definition) is 3. The maximum absolute atomic E-state index is 12.1. The van der Waals surface area contributed by atoms with Gasteiger partial charge in [-0.2, -0.15) is 0 Å². The van der Waals surface area contributed by atoms with E-state index in [1.54, 1.807) is 13.0 Å². The van der Waals surface area contributed by atoms with Crippen molar-refractivity contribution >= 4 is 29.9 Å². The van der Waals surface area contributed by atoms with Gasteiger partial charge in [-0.15, -0.1) is 12.4 Å². The van der Waals surface area contributed by atoms with E-state index in [2.05, 4.69) is 10.6 Å². The average molecular weight is 333 g/mol. The molecule has 2 N–H and O–H groups in total. The predicted molar refractivity (Wildman–Crippen MR) is 87.6 cm³/mol. The van der Waals surface area contributed by atoms with Crippen molar-refractivity contribution in [1.82, 2.24) is 10.6 Å². The molecule has 0 aliphatic carbocycles. The molecule has 1 aromatic carbocycles. The van der Waals surface area contributed by atoms with Gasteiger partial charge in [0.2, 0.25) is 0 Å². The molecule has 1 fully saturated rings. The molecule has 1 aromatic rings. The molecule has 1 saturated heterocycles. The summed E-state index contributed by atoms with van der Waals surface area (Å²) in [5, 5.41) is 6.79. The molecule has 2 rings (SSSR count). The van der Waals surface area contributed by atoms with Crippen molar-refractivity contribution in [2.45, 2.75) is 38.8 Å². The van der Waals surface area contributed by atoms with Gasteiger partial charge in [-0.25, -0.2) is 0 Å². The quantitative estimate of drug-likeness (QED) is 0.891. The molecule has 21 heavy (non-hydrogen) atoms. The molecule has 0 spiro atoms. The van der Waals surface area contributed by atoms with E-state index in [1.807, 2.05) is 19.1 Å². The minimum atomic E-state index is -0.559. The number of halogens is 2. The van der Waals surface area contributed by atoms with Gasteiger partial charge in [0.05, 0.1) is 5.02 Å². The second-order valence-electron chi connectivity index (χ2n) is 5.25. The van der Waals surface area contributed by atoms with Crippen LogP contribution in [0.3, 0.4) is 0 Å². The van der Waals surface area contributed by atoms with E-state index in [0.29, 0.717) is 10.8 Å². The summed E-state index contributed by atoms with van der Waals surface area (Å²) in [5.74, 6) is 0.451. The largest absolute Gasteiger partial charge is 0.479 e.